The van der Waals surface area contributed by atoms with Crippen LogP contribution in [0.3, 0.4) is 0 Å². The van der Waals surface area contributed by atoms with Gasteiger partial charge in [0, 0.05) is 0 Å². The number of sulfonamides is 1. The first-order valence-electron chi connectivity index (χ1n) is 9.28. The van der Waals surface area contributed by atoms with E-state index in [1.165, 1.54) is 0 Å². The van der Waals surface area contributed by atoms with Crippen molar-refractivity contribution >= 4 is 10.0 Å². The van der Waals surface area contributed by atoms with Gasteiger partial charge in [0.15, 0.2) is 0 Å². The van der Waals surface area contributed by atoms with Crippen LogP contribution in [0.15, 0.2) is 77.7 Å². The fourth-order valence-electron chi connectivity index (χ4n) is 3.97. The lowest BCUT2D eigenvalue weighted by molar-refractivity contribution is 0.101. The van der Waals surface area contributed by atoms with Crippen molar-refractivity contribution in [3.8, 4) is 0 Å². The van der Waals surface area contributed by atoms with Crippen LogP contribution in [-0.4, -0.2) is 13.5 Å². The largest absolute Gasteiger partial charge is 0.381 e. The van der Waals surface area contributed by atoms with E-state index in [1.807, 2.05) is 55.5 Å². The summed E-state index contributed by atoms with van der Waals surface area (Å²) in [5.74, 6) is 0. The zero-order chi connectivity index (χ0) is 19.9. The quantitative estimate of drug-likeness (QED) is 0.711. The Hall–Kier alpha value is -2.47. The molecule has 4 rings (SSSR count). The van der Waals surface area contributed by atoms with Crippen LogP contribution in [0.25, 0.3) is 0 Å². The zero-order valence-corrected chi connectivity index (χ0v) is 16.7. The van der Waals surface area contributed by atoms with Crippen molar-refractivity contribution in [1.82, 2.24) is 4.72 Å². The molecular weight excluding hydrogens is 370 g/mol. The van der Waals surface area contributed by atoms with Crippen LogP contribution in [0.5, 0.6) is 0 Å². The van der Waals surface area contributed by atoms with Crippen LogP contribution in [-0.2, 0) is 22.0 Å². The van der Waals surface area contributed by atoms with E-state index < -0.39 is 21.7 Å². The van der Waals surface area contributed by atoms with E-state index in [0.717, 1.165) is 27.8 Å². The molecule has 1 aliphatic rings. The maximum atomic E-state index is 13.0. The SMILES string of the molecule is Cc1ccc(S(=O)(=O)N[C@H]2Cc3ccccc3C(C)(O)c3ccccc32)cc1. The van der Waals surface area contributed by atoms with Gasteiger partial charge >= 0.3 is 0 Å². The van der Waals surface area contributed by atoms with Gasteiger partial charge in [0.2, 0.25) is 10.0 Å². The molecule has 0 radical (unpaired) electrons. The summed E-state index contributed by atoms with van der Waals surface area (Å²) in [6.45, 7) is 3.69. The lowest BCUT2D eigenvalue weighted by atomic mass is 9.85. The Kier molecular flexibility index (Phi) is 4.62. The predicted octanol–water partition coefficient (Wildman–Crippen LogP) is 3.83. The molecule has 0 aliphatic heterocycles. The highest BCUT2D eigenvalue weighted by atomic mass is 32.2. The maximum Gasteiger partial charge on any atom is 0.241 e. The van der Waals surface area contributed by atoms with Crippen LogP contribution in [0.1, 0.15) is 40.8 Å². The monoisotopic (exact) mass is 393 g/mol. The number of hydrogen-bond donors (Lipinski definition) is 2. The second kappa shape index (κ2) is 6.85. The molecule has 2 atom stereocenters. The molecule has 0 fully saturated rings. The van der Waals surface area contributed by atoms with Gasteiger partial charge in [-0.15, -0.1) is 0 Å². The lowest BCUT2D eigenvalue weighted by Gasteiger charge is -2.27. The number of aryl methyl sites for hydroxylation is 1. The molecule has 4 nitrogen and oxygen atoms in total. The van der Waals surface area contributed by atoms with E-state index in [-0.39, 0.29) is 4.90 Å². The summed E-state index contributed by atoms with van der Waals surface area (Å²) in [5, 5.41) is 11.3. The van der Waals surface area contributed by atoms with E-state index >= 15 is 0 Å². The molecule has 0 amide bonds. The van der Waals surface area contributed by atoms with Crippen molar-refractivity contribution in [2.45, 2.75) is 36.8 Å². The van der Waals surface area contributed by atoms with Crippen LogP contribution in [0, 0.1) is 6.92 Å². The second-order valence-electron chi connectivity index (χ2n) is 7.51. The first kappa shape index (κ1) is 18.9. The number of nitrogens with one attached hydrogen (secondary N) is 1. The number of fused-ring (bicyclic) bond motifs is 2. The molecule has 1 aliphatic carbocycles. The molecule has 0 aromatic heterocycles. The van der Waals surface area contributed by atoms with Crippen LogP contribution >= 0.6 is 0 Å². The van der Waals surface area contributed by atoms with E-state index in [2.05, 4.69) is 4.72 Å². The molecule has 0 saturated carbocycles. The first-order chi connectivity index (χ1) is 13.3. The lowest BCUT2D eigenvalue weighted by Crippen LogP contribution is -2.31. The molecule has 28 heavy (non-hydrogen) atoms. The third kappa shape index (κ3) is 3.26. The first-order valence-corrected chi connectivity index (χ1v) is 10.8. The van der Waals surface area contributed by atoms with E-state index in [4.69, 9.17) is 0 Å². The average molecular weight is 394 g/mol. The van der Waals surface area contributed by atoms with Gasteiger partial charge in [-0.25, -0.2) is 13.1 Å². The average Bonchev–Trinajstić information content (AvgIpc) is 2.76. The summed E-state index contributed by atoms with van der Waals surface area (Å²) >= 11 is 0. The normalized spacial score (nSPS) is 21.5. The standard InChI is InChI=1S/C23H23NO3S/c1-16-11-13-18(14-12-16)28(26,27)24-22-15-17-7-3-5-9-20(17)23(2,25)21-10-6-4-8-19(21)22/h3-14,22,24-25H,15H2,1-2H3/t22-,23?/m0/s1. The van der Waals surface area contributed by atoms with Gasteiger partial charge in [0.25, 0.3) is 0 Å². The van der Waals surface area contributed by atoms with Crippen molar-refractivity contribution in [3.05, 3.63) is 101 Å². The molecule has 5 heteroatoms. The minimum atomic E-state index is -3.71. The van der Waals surface area contributed by atoms with Crippen molar-refractivity contribution in [1.29, 1.82) is 0 Å². The smallest absolute Gasteiger partial charge is 0.241 e. The van der Waals surface area contributed by atoms with Crippen molar-refractivity contribution in [3.63, 3.8) is 0 Å². The van der Waals surface area contributed by atoms with Crippen LogP contribution in [0.4, 0.5) is 0 Å². The Balaban J connectivity index is 1.82. The Labute approximate surface area is 165 Å². The molecule has 3 aromatic carbocycles. The highest BCUT2D eigenvalue weighted by molar-refractivity contribution is 7.89. The summed E-state index contributed by atoms with van der Waals surface area (Å²) in [6, 6.07) is 21.5. The van der Waals surface area contributed by atoms with E-state index in [1.54, 1.807) is 31.2 Å². The molecule has 144 valence electrons. The maximum absolute atomic E-state index is 13.0. The second-order valence-corrected chi connectivity index (χ2v) is 9.22. The fourth-order valence-corrected chi connectivity index (χ4v) is 5.19. The number of aliphatic hydroxyl groups is 1. The van der Waals surface area contributed by atoms with Gasteiger partial charge < -0.3 is 5.11 Å². The topological polar surface area (TPSA) is 66.4 Å². The van der Waals surface area contributed by atoms with Crippen LogP contribution in [0.2, 0.25) is 0 Å². The fraction of sp³-hybridized carbons (Fsp3) is 0.217. The molecule has 1 unspecified atom stereocenters. The van der Waals surface area contributed by atoms with Gasteiger partial charge in [-0.1, -0.05) is 66.2 Å². The van der Waals surface area contributed by atoms with Gasteiger partial charge in [0.05, 0.1) is 10.9 Å². The minimum Gasteiger partial charge on any atom is -0.381 e. The van der Waals surface area contributed by atoms with Gasteiger partial charge in [-0.3, -0.25) is 0 Å². The molecular formula is C23H23NO3S. The Morgan fingerprint density at radius 2 is 1.54 bits per heavy atom. The number of hydrogen-bond acceptors (Lipinski definition) is 3. The summed E-state index contributed by atoms with van der Waals surface area (Å²) < 4.78 is 28.9. The highest BCUT2D eigenvalue weighted by Crippen LogP contribution is 2.41. The Bertz CT molecular complexity index is 1120. The summed E-state index contributed by atoms with van der Waals surface area (Å²) in [7, 11) is -3.71. The molecule has 2 N–H and O–H groups in total. The van der Waals surface area contributed by atoms with Crippen molar-refractivity contribution < 1.29 is 13.5 Å². The zero-order valence-electron chi connectivity index (χ0n) is 15.9. The predicted molar refractivity (Wildman–Crippen MR) is 110 cm³/mol. The molecule has 0 spiro atoms. The summed E-state index contributed by atoms with van der Waals surface area (Å²) in [4.78, 5) is 0.236. The van der Waals surface area contributed by atoms with Gasteiger partial charge in [0.1, 0.15) is 5.60 Å². The molecule has 0 heterocycles. The number of rotatable bonds is 3. The minimum absolute atomic E-state index is 0.236. The third-order valence-corrected chi connectivity index (χ3v) is 6.94. The third-order valence-electron chi connectivity index (χ3n) is 5.46. The molecule has 0 bridgehead atoms. The number of benzene rings is 3. The summed E-state index contributed by atoms with van der Waals surface area (Å²) in [6.07, 6.45) is 0.467. The van der Waals surface area contributed by atoms with Crippen LogP contribution < -0.4 is 4.72 Å². The Morgan fingerprint density at radius 1 is 0.929 bits per heavy atom. The summed E-state index contributed by atoms with van der Waals surface area (Å²) in [5.41, 5.74) is 3.05. The van der Waals surface area contributed by atoms with Crippen molar-refractivity contribution in [2.24, 2.45) is 0 Å². The van der Waals surface area contributed by atoms with Gasteiger partial charge in [-0.2, -0.15) is 0 Å². The van der Waals surface area contributed by atoms with E-state index in [0.29, 0.717) is 6.42 Å². The molecule has 0 saturated heterocycles. The van der Waals surface area contributed by atoms with E-state index in [9.17, 15) is 13.5 Å². The van der Waals surface area contributed by atoms with Crippen molar-refractivity contribution in [2.75, 3.05) is 0 Å². The Morgan fingerprint density at radius 3 is 2.25 bits per heavy atom. The molecule has 3 aromatic rings. The van der Waals surface area contributed by atoms with Gasteiger partial charge in [-0.05, 0) is 54.7 Å². The highest BCUT2D eigenvalue weighted by Gasteiger charge is 2.37.